The number of carbonyl (C=O) groups excluding carboxylic acids is 1. The molecule has 8 heteroatoms. The van der Waals surface area contributed by atoms with Crippen LogP contribution in [-0.4, -0.2) is 21.4 Å². The number of rotatable bonds is 4. The van der Waals surface area contributed by atoms with Gasteiger partial charge in [0.15, 0.2) is 0 Å². The van der Waals surface area contributed by atoms with Crippen LogP contribution in [0.3, 0.4) is 0 Å². The largest absolute Gasteiger partial charge is 0.496 e. The smallest absolute Gasteiger partial charge is 0.259 e. The van der Waals surface area contributed by atoms with Crippen LogP contribution in [0.5, 0.6) is 5.75 Å². The van der Waals surface area contributed by atoms with E-state index in [4.69, 9.17) is 9.88 Å². The van der Waals surface area contributed by atoms with Gasteiger partial charge >= 0.3 is 0 Å². The zero-order chi connectivity index (χ0) is 17.2. The maximum absolute atomic E-state index is 12.5. The molecule has 2 rings (SSSR count). The number of anilines is 1. The summed E-state index contributed by atoms with van der Waals surface area (Å²) in [7, 11) is -2.51. The molecular weight excluding hydrogens is 431 g/mol. The molecule has 0 unspecified atom stereocenters. The van der Waals surface area contributed by atoms with Crippen molar-refractivity contribution in [3.63, 3.8) is 0 Å². The minimum absolute atomic E-state index is 0.0944. The lowest BCUT2D eigenvalue weighted by atomic mass is 10.1. The second-order valence-corrected chi connectivity index (χ2v) is 7.63. The molecule has 2 aromatic carbocycles. The van der Waals surface area contributed by atoms with Crippen molar-refractivity contribution in [3.05, 3.63) is 51.1 Å². The van der Waals surface area contributed by atoms with Crippen LogP contribution >= 0.6 is 22.6 Å². The molecule has 0 radical (unpaired) electrons. The van der Waals surface area contributed by atoms with Crippen molar-refractivity contribution in [1.82, 2.24) is 0 Å². The molecule has 0 atom stereocenters. The molecule has 0 spiro atoms. The van der Waals surface area contributed by atoms with Crippen LogP contribution in [0.2, 0.25) is 0 Å². The van der Waals surface area contributed by atoms with Crippen LogP contribution in [-0.2, 0) is 10.0 Å². The molecule has 122 valence electrons. The summed E-state index contributed by atoms with van der Waals surface area (Å²) in [6, 6.07) is 9.46. The van der Waals surface area contributed by atoms with Gasteiger partial charge in [-0.2, -0.15) is 0 Å². The second kappa shape index (κ2) is 6.85. The molecule has 3 N–H and O–H groups in total. The number of benzene rings is 2. The number of methoxy groups -OCH3 is 1. The van der Waals surface area contributed by atoms with E-state index in [-0.39, 0.29) is 16.2 Å². The molecule has 0 bridgehead atoms. The normalized spacial score (nSPS) is 11.1. The lowest BCUT2D eigenvalue weighted by Crippen LogP contribution is -2.17. The lowest BCUT2D eigenvalue weighted by molar-refractivity contribution is 0.102. The Morgan fingerprint density at radius 2 is 1.91 bits per heavy atom. The molecule has 0 aliphatic rings. The minimum Gasteiger partial charge on any atom is -0.496 e. The van der Waals surface area contributed by atoms with Crippen LogP contribution in [0.1, 0.15) is 15.9 Å². The van der Waals surface area contributed by atoms with Gasteiger partial charge in [-0.05, 0) is 71.5 Å². The van der Waals surface area contributed by atoms with Gasteiger partial charge in [-0.15, -0.1) is 0 Å². The maximum Gasteiger partial charge on any atom is 0.259 e. The zero-order valence-electron chi connectivity index (χ0n) is 12.5. The third-order valence-corrected chi connectivity index (χ3v) is 4.76. The van der Waals surface area contributed by atoms with E-state index in [0.29, 0.717) is 5.69 Å². The van der Waals surface area contributed by atoms with Crippen molar-refractivity contribution in [3.8, 4) is 5.75 Å². The highest BCUT2D eigenvalue weighted by Crippen LogP contribution is 2.24. The van der Waals surface area contributed by atoms with Crippen LogP contribution in [0.4, 0.5) is 5.69 Å². The summed E-state index contributed by atoms with van der Waals surface area (Å²) in [6.07, 6.45) is 0. The number of hydrogen-bond donors (Lipinski definition) is 2. The van der Waals surface area contributed by atoms with E-state index >= 15 is 0 Å². The van der Waals surface area contributed by atoms with E-state index in [1.54, 1.807) is 6.07 Å². The summed E-state index contributed by atoms with van der Waals surface area (Å²) in [5.74, 6) is -0.213. The van der Waals surface area contributed by atoms with Crippen molar-refractivity contribution < 1.29 is 17.9 Å². The van der Waals surface area contributed by atoms with E-state index in [1.807, 2.05) is 19.1 Å². The van der Waals surface area contributed by atoms with Crippen LogP contribution in [0.15, 0.2) is 41.3 Å². The summed E-state index contributed by atoms with van der Waals surface area (Å²) in [4.78, 5) is 12.3. The summed E-state index contributed by atoms with van der Waals surface area (Å²) in [5.41, 5.74) is 1.63. The molecule has 0 heterocycles. The molecule has 0 fully saturated rings. The Hall–Kier alpha value is -1.65. The van der Waals surface area contributed by atoms with Crippen molar-refractivity contribution in [1.29, 1.82) is 0 Å². The molecule has 6 nitrogen and oxygen atoms in total. The first-order valence-electron chi connectivity index (χ1n) is 6.50. The molecule has 0 aromatic heterocycles. The number of amides is 1. The van der Waals surface area contributed by atoms with Gasteiger partial charge in [-0.25, -0.2) is 13.6 Å². The molecule has 0 aliphatic carbocycles. The first-order chi connectivity index (χ1) is 10.7. The Bertz CT molecular complexity index is 866. The predicted octanol–water partition coefficient (Wildman–Crippen LogP) is 2.51. The van der Waals surface area contributed by atoms with Gasteiger partial charge in [0.05, 0.1) is 17.6 Å². The topological polar surface area (TPSA) is 98.5 Å². The van der Waals surface area contributed by atoms with Crippen LogP contribution in [0, 0.1) is 10.5 Å². The summed E-state index contributed by atoms with van der Waals surface area (Å²) in [5, 5.41) is 7.86. The van der Waals surface area contributed by atoms with Crippen molar-refractivity contribution in [2.24, 2.45) is 5.14 Å². The molecular formula is C15H15IN2O4S. The third kappa shape index (κ3) is 4.21. The highest BCUT2D eigenvalue weighted by atomic mass is 127. The third-order valence-electron chi connectivity index (χ3n) is 3.18. The molecule has 0 aliphatic heterocycles. The first-order valence-corrected chi connectivity index (χ1v) is 9.13. The fraction of sp³-hybridized carbons (Fsp3) is 0.133. The van der Waals surface area contributed by atoms with Crippen molar-refractivity contribution in [2.45, 2.75) is 11.8 Å². The standard InChI is InChI=1S/C15H15IN2O4S/c1-9-7-10(16)3-5-13(9)18-15(19)12-8-11(23(17,20)21)4-6-14(12)22-2/h3-8H,1-2H3,(H,18,19)(H2,17,20,21). The predicted molar refractivity (Wildman–Crippen MR) is 96.2 cm³/mol. The lowest BCUT2D eigenvalue weighted by Gasteiger charge is -2.12. The van der Waals surface area contributed by atoms with Gasteiger partial charge in [0, 0.05) is 9.26 Å². The number of hydrogen-bond acceptors (Lipinski definition) is 4. The highest BCUT2D eigenvalue weighted by molar-refractivity contribution is 14.1. The maximum atomic E-state index is 12.5. The van der Waals surface area contributed by atoms with Gasteiger partial charge in [0.1, 0.15) is 5.75 Å². The van der Waals surface area contributed by atoms with Gasteiger partial charge in [0.2, 0.25) is 10.0 Å². The Morgan fingerprint density at radius 1 is 1.22 bits per heavy atom. The summed E-state index contributed by atoms with van der Waals surface area (Å²) >= 11 is 2.18. The average molecular weight is 446 g/mol. The van der Waals surface area contributed by atoms with Crippen molar-refractivity contribution >= 4 is 44.2 Å². The quantitative estimate of drug-likeness (QED) is 0.706. The molecule has 2 aromatic rings. The second-order valence-electron chi connectivity index (χ2n) is 4.82. The summed E-state index contributed by atoms with van der Waals surface area (Å²) < 4.78 is 29.1. The van der Waals surface area contributed by atoms with Gasteiger partial charge < -0.3 is 10.1 Å². The number of nitrogens with two attached hydrogens (primary N) is 1. The SMILES string of the molecule is COc1ccc(S(N)(=O)=O)cc1C(=O)Nc1ccc(I)cc1C. The van der Waals surface area contributed by atoms with E-state index < -0.39 is 15.9 Å². The molecule has 0 saturated heterocycles. The number of halogens is 1. The first kappa shape index (κ1) is 17.7. The Morgan fingerprint density at radius 3 is 2.48 bits per heavy atom. The number of nitrogens with one attached hydrogen (secondary N) is 1. The fourth-order valence-corrected chi connectivity index (χ4v) is 3.19. The van der Waals surface area contributed by atoms with Gasteiger partial charge in [-0.3, -0.25) is 4.79 Å². The fourth-order valence-electron chi connectivity index (χ4n) is 2.00. The van der Waals surface area contributed by atoms with E-state index in [2.05, 4.69) is 27.9 Å². The Kier molecular flexibility index (Phi) is 5.27. The van der Waals surface area contributed by atoms with Crippen molar-refractivity contribution in [2.75, 3.05) is 12.4 Å². The minimum atomic E-state index is -3.91. The molecule has 23 heavy (non-hydrogen) atoms. The number of primary sulfonamides is 1. The number of ether oxygens (including phenoxy) is 1. The van der Waals surface area contributed by atoms with Crippen LogP contribution < -0.4 is 15.2 Å². The average Bonchev–Trinajstić information content (AvgIpc) is 2.48. The van der Waals surface area contributed by atoms with Crippen LogP contribution in [0.25, 0.3) is 0 Å². The zero-order valence-corrected chi connectivity index (χ0v) is 15.4. The Balaban J connectivity index is 2.41. The summed E-state index contributed by atoms with van der Waals surface area (Å²) in [6.45, 7) is 1.87. The van der Waals surface area contributed by atoms with Gasteiger partial charge in [-0.1, -0.05) is 0 Å². The number of aryl methyl sites for hydroxylation is 1. The molecule has 0 saturated carbocycles. The van der Waals surface area contributed by atoms with E-state index in [0.717, 1.165) is 9.13 Å². The monoisotopic (exact) mass is 446 g/mol. The number of carbonyl (C=O) groups is 1. The number of sulfonamides is 1. The highest BCUT2D eigenvalue weighted by Gasteiger charge is 2.18. The van der Waals surface area contributed by atoms with E-state index in [9.17, 15) is 13.2 Å². The Labute approximate surface area is 148 Å². The van der Waals surface area contributed by atoms with E-state index in [1.165, 1.54) is 25.3 Å². The molecule has 1 amide bonds. The van der Waals surface area contributed by atoms with Gasteiger partial charge in [0.25, 0.3) is 5.91 Å².